The number of piperidine rings is 1. The lowest BCUT2D eigenvalue weighted by Crippen LogP contribution is -2.47. The summed E-state index contributed by atoms with van der Waals surface area (Å²) in [7, 11) is 0. The van der Waals surface area contributed by atoms with Crippen molar-refractivity contribution in [1.82, 2.24) is 14.9 Å². The zero-order chi connectivity index (χ0) is 14.5. The molecule has 0 aromatic carbocycles. The Hall–Kier alpha value is -1.40. The number of hydrogen-bond donors (Lipinski definition) is 3. The minimum absolute atomic E-state index is 0.0588. The molecular formula is C14H25N5O. The molecule has 2 unspecified atom stereocenters. The molecule has 1 saturated heterocycles. The number of hydrogen-bond acceptors (Lipinski definition) is 4. The summed E-state index contributed by atoms with van der Waals surface area (Å²) in [6.07, 6.45) is 6.82. The minimum atomic E-state index is -0.454. The molecule has 1 aromatic heterocycles. The van der Waals surface area contributed by atoms with Crippen LogP contribution in [0.2, 0.25) is 0 Å². The zero-order valence-electron chi connectivity index (χ0n) is 12.1. The van der Waals surface area contributed by atoms with Gasteiger partial charge in [0.25, 0.3) is 0 Å². The molecule has 6 heteroatoms. The average Bonchev–Trinajstić information content (AvgIpc) is 2.98. The fourth-order valence-corrected chi connectivity index (χ4v) is 2.56. The van der Waals surface area contributed by atoms with Crippen LogP contribution in [0.4, 0.5) is 0 Å². The van der Waals surface area contributed by atoms with Crippen LogP contribution in [0.1, 0.15) is 44.5 Å². The van der Waals surface area contributed by atoms with Crippen LogP contribution in [0.3, 0.4) is 0 Å². The van der Waals surface area contributed by atoms with Gasteiger partial charge < -0.3 is 21.4 Å². The molecule has 1 aromatic rings. The molecule has 2 atom stereocenters. The molecule has 1 amide bonds. The Labute approximate surface area is 119 Å². The van der Waals surface area contributed by atoms with Gasteiger partial charge in [0.1, 0.15) is 5.82 Å². The van der Waals surface area contributed by atoms with E-state index in [0.717, 1.165) is 31.8 Å². The highest BCUT2D eigenvalue weighted by Gasteiger charge is 2.25. The Kier molecular flexibility index (Phi) is 5.14. The Morgan fingerprint density at radius 1 is 1.45 bits per heavy atom. The molecule has 0 radical (unpaired) electrons. The lowest BCUT2D eigenvalue weighted by Gasteiger charge is -2.32. The number of nitrogens with one attached hydrogen (secondary N) is 1. The van der Waals surface area contributed by atoms with E-state index in [1.54, 1.807) is 12.4 Å². The normalized spacial score (nSPS) is 19.9. The SMILES string of the molecule is CC1CCN(C(=O)C(N)CCC(N)c2ncc[nH]2)CC1. The molecule has 2 rings (SSSR count). The molecule has 112 valence electrons. The van der Waals surface area contributed by atoms with Crippen LogP contribution in [0, 0.1) is 5.92 Å². The van der Waals surface area contributed by atoms with E-state index in [2.05, 4.69) is 16.9 Å². The maximum absolute atomic E-state index is 12.2. The van der Waals surface area contributed by atoms with E-state index in [9.17, 15) is 4.79 Å². The Balaban J connectivity index is 1.76. The van der Waals surface area contributed by atoms with E-state index in [4.69, 9.17) is 11.5 Å². The fourth-order valence-electron chi connectivity index (χ4n) is 2.56. The Morgan fingerprint density at radius 3 is 2.75 bits per heavy atom. The summed E-state index contributed by atoms with van der Waals surface area (Å²) in [6, 6.07) is -0.644. The van der Waals surface area contributed by atoms with E-state index in [1.807, 2.05) is 4.90 Å². The zero-order valence-corrected chi connectivity index (χ0v) is 12.1. The summed E-state index contributed by atoms with van der Waals surface area (Å²) < 4.78 is 0. The van der Waals surface area contributed by atoms with Crippen molar-refractivity contribution in [2.75, 3.05) is 13.1 Å². The van der Waals surface area contributed by atoms with Crippen molar-refractivity contribution in [3.63, 3.8) is 0 Å². The van der Waals surface area contributed by atoms with Crippen LogP contribution in [-0.2, 0) is 4.79 Å². The van der Waals surface area contributed by atoms with Crippen LogP contribution in [0.15, 0.2) is 12.4 Å². The maximum atomic E-state index is 12.2. The third kappa shape index (κ3) is 3.80. The highest BCUT2D eigenvalue weighted by Crippen LogP contribution is 2.18. The van der Waals surface area contributed by atoms with Gasteiger partial charge in [-0.15, -0.1) is 0 Å². The molecule has 0 spiro atoms. The van der Waals surface area contributed by atoms with Gasteiger partial charge in [-0.05, 0) is 31.6 Å². The van der Waals surface area contributed by atoms with Crippen LogP contribution >= 0.6 is 0 Å². The van der Waals surface area contributed by atoms with Gasteiger partial charge in [0.2, 0.25) is 5.91 Å². The molecule has 1 aliphatic heterocycles. The number of H-pyrrole nitrogens is 1. The van der Waals surface area contributed by atoms with Crippen LogP contribution < -0.4 is 11.5 Å². The maximum Gasteiger partial charge on any atom is 0.239 e. The van der Waals surface area contributed by atoms with Gasteiger partial charge in [-0.2, -0.15) is 0 Å². The van der Waals surface area contributed by atoms with E-state index < -0.39 is 6.04 Å². The molecule has 0 saturated carbocycles. The average molecular weight is 279 g/mol. The highest BCUT2D eigenvalue weighted by atomic mass is 16.2. The largest absolute Gasteiger partial charge is 0.347 e. The van der Waals surface area contributed by atoms with Gasteiger partial charge in [-0.3, -0.25) is 4.79 Å². The van der Waals surface area contributed by atoms with Gasteiger partial charge in [-0.25, -0.2) is 4.98 Å². The second kappa shape index (κ2) is 6.85. The Morgan fingerprint density at radius 2 is 2.15 bits per heavy atom. The first-order valence-corrected chi connectivity index (χ1v) is 7.37. The van der Waals surface area contributed by atoms with E-state index in [0.29, 0.717) is 18.8 Å². The molecule has 2 heterocycles. The van der Waals surface area contributed by atoms with Crippen molar-refractivity contribution >= 4 is 5.91 Å². The molecule has 1 aliphatic rings. The minimum Gasteiger partial charge on any atom is -0.347 e. The summed E-state index contributed by atoms with van der Waals surface area (Å²) in [6.45, 7) is 3.89. The summed E-state index contributed by atoms with van der Waals surface area (Å²) in [5.74, 6) is 1.52. The quantitative estimate of drug-likeness (QED) is 0.741. The fraction of sp³-hybridized carbons (Fsp3) is 0.714. The summed E-state index contributed by atoms with van der Waals surface area (Å²) in [5, 5.41) is 0. The molecular weight excluding hydrogens is 254 g/mol. The molecule has 5 N–H and O–H groups in total. The van der Waals surface area contributed by atoms with Gasteiger partial charge in [0.05, 0.1) is 12.1 Å². The first-order valence-electron chi connectivity index (χ1n) is 7.37. The number of amides is 1. The van der Waals surface area contributed by atoms with Crippen LogP contribution in [-0.4, -0.2) is 39.9 Å². The molecule has 0 bridgehead atoms. The summed E-state index contributed by atoms with van der Waals surface area (Å²) in [4.78, 5) is 21.2. The van der Waals surface area contributed by atoms with Crippen molar-refractivity contribution in [2.45, 2.75) is 44.7 Å². The predicted octanol–water partition coefficient (Wildman–Crippen LogP) is 0.776. The lowest BCUT2D eigenvalue weighted by molar-refractivity contribution is -0.134. The van der Waals surface area contributed by atoms with E-state index in [-0.39, 0.29) is 11.9 Å². The number of carbonyl (C=O) groups excluding carboxylic acids is 1. The third-order valence-electron chi connectivity index (χ3n) is 4.07. The first kappa shape index (κ1) is 15.0. The molecule has 1 fully saturated rings. The van der Waals surface area contributed by atoms with Crippen molar-refractivity contribution in [3.8, 4) is 0 Å². The number of nitrogens with zero attached hydrogens (tertiary/aromatic N) is 2. The van der Waals surface area contributed by atoms with Crippen molar-refractivity contribution in [1.29, 1.82) is 0 Å². The standard InChI is InChI=1S/C14H25N5O/c1-10-4-8-19(9-5-10)14(20)12(16)3-2-11(15)13-17-6-7-18-13/h6-7,10-12H,2-5,8-9,15-16H2,1H3,(H,17,18). The third-order valence-corrected chi connectivity index (χ3v) is 4.07. The first-order chi connectivity index (χ1) is 9.58. The smallest absolute Gasteiger partial charge is 0.239 e. The molecule has 6 nitrogen and oxygen atoms in total. The molecule has 20 heavy (non-hydrogen) atoms. The summed E-state index contributed by atoms with van der Waals surface area (Å²) in [5.41, 5.74) is 12.0. The van der Waals surface area contributed by atoms with Gasteiger partial charge >= 0.3 is 0 Å². The topological polar surface area (TPSA) is 101 Å². The van der Waals surface area contributed by atoms with E-state index >= 15 is 0 Å². The van der Waals surface area contributed by atoms with E-state index in [1.165, 1.54) is 0 Å². The second-order valence-electron chi connectivity index (χ2n) is 5.77. The summed E-state index contributed by atoms with van der Waals surface area (Å²) >= 11 is 0. The lowest BCUT2D eigenvalue weighted by atomic mass is 9.98. The monoisotopic (exact) mass is 279 g/mol. The number of likely N-dealkylation sites (tertiary alicyclic amines) is 1. The number of rotatable bonds is 5. The number of aromatic nitrogens is 2. The highest BCUT2D eigenvalue weighted by molar-refractivity contribution is 5.81. The van der Waals surface area contributed by atoms with Crippen LogP contribution in [0.25, 0.3) is 0 Å². The molecule has 0 aliphatic carbocycles. The van der Waals surface area contributed by atoms with Gasteiger partial charge in [0, 0.05) is 25.5 Å². The van der Waals surface area contributed by atoms with Crippen molar-refractivity contribution in [2.24, 2.45) is 17.4 Å². The second-order valence-corrected chi connectivity index (χ2v) is 5.77. The van der Waals surface area contributed by atoms with Crippen molar-refractivity contribution < 1.29 is 4.79 Å². The van der Waals surface area contributed by atoms with Gasteiger partial charge in [0.15, 0.2) is 0 Å². The number of imidazole rings is 1. The van der Waals surface area contributed by atoms with Crippen molar-refractivity contribution in [3.05, 3.63) is 18.2 Å². The number of nitrogens with two attached hydrogens (primary N) is 2. The van der Waals surface area contributed by atoms with Crippen LogP contribution in [0.5, 0.6) is 0 Å². The van der Waals surface area contributed by atoms with Gasteiger partial charge in [-0.1, -0.05) is 6.92 Å². The Bertz CT molecular complexity index is 411. The number of aromatic amines is 1. The number of carbonyl (C=O) groups is 1. The predicted molar refractivity (Wildman–Crippen MR) is 77.7 cm³/mol.